The maximum absolute atomic E-state index is 12.0. The van der Waals surface area contributed by atoms with Crippen molar-refractivity contribution in [3.05, 3.63) is 40.8 Å². The molecule has 35 heavy (non-hydrogen) atoms. The van der Waals surface area contributed by atoms with Gasteiger partial charge in [0.05, 0.1) is 28.2 Å². The largest absolute Gasteiger partial charge is 0.444 e. The minimum absolute atomic E-state index is 0.280. The van der Waals surface area contributed by atoms with Crippen LogP contribution in [0.5, 0.6) is 0 Å². The van der Waals surface area contributed by atoms with Crippen molar-refractivity contribution in [2.24, 2.45) is 5.92 Å². The van der Waals surface area contributed by atoms with Gasteiger partial charge in [-0.25, -0.2) is 9.78 Å². The molecule has 0 saturated carbocycles. The Hall–Kier alpha value is -3.41. The quantitative estimate of drug-likeness (QED) is 0.337. The van der Waals surface area contributed by atoms with E-state index in [0.717, 1.165) is 40.8 Å². The highest BCUT2D eigenvalue weighted by Gasteiger charge is 2.27. The van der Waals surface area contributed by atoms with E-state index in [-0.39, 0.29) is 5.92 Å². The van der Waals surface area contributed by atoms with Crippen LogP contribution in [0.4, 0.5) is 16.7 Å². The first-order valence-corrected chi connectivity index (χ1v) is 12.3. The third-order valence-corrected chi connectivity index (χ3v) is 6.23. The molecule has 0 bridgehead atoms. The average molecular weight is 542 g/mol. The van der Waals surface area contributed by atoms with Crippen LogP contribution in [0.25, 0.3) is 16.7 Å². The summed E-state index contributed by atoms with van der Waals surface area (Å²) in [6, 6.07) is 7.92. The second-order valence-corrected chi connectivity index (χ2v) is 10.5. The fourth-order valence-electron chi connectivity index (χ4n) is 4.07. The summed E-state index contributed by atoms with van der Waals surface area (Å²) in [5.74, 6) is 2.28. The van der Waals surface area contributed by atoms with Crippen molar-refractivity contribution >= 4 is 50.6 Å². The summed E-state index contributed by atoms with van der Waals surface area (Å²) < 4.78 is 7.80. The highest BCUT2D eigenvalue weighted by Crippen LogP contribution is 2.25. The van der Waals surface area contributed by atoms with E-state index in [4.69, 9.17) is 14.7 Å². The molecule has 12 heteroatoms. The standard InChI is InChI=1S/C23H28BrN9O2/c1-23(2,3)35-22(34)26-10-14-8-9-32(13-14)21-30-19-15(24)11-27-33(19)20(31-21)25-12-18-28-16-6-4-5-7-17(16)29-18/h4-7,11,14H,8-10,12-13H2,1-3H3,(H,26,34)(H,28,29)(H,25,30,31)/t14-/m1/s1. The molecule has 1 aliphatic heterocycles. The fourth-order valence-corrected chi connectivity index (χ4v) is 4.42. The number of hydrogen-bond acceptors (Lipinski definition) is 8. The number of benzene rings is 1. The van der Waals surface area contributed by atoms with Crippen LogP contribution in [0.3, 0.4) is 0 Å². The topological polar surface area (TPSA) is 125 Å². The van der Waals surface area contributed by atoms with Crippen molar-refractivity contribution in [1.29, 1.82) is 0 Å². The lowest BCUT2D eigenvalue weighted by atomic mass is 10.1. The molecular formula is C23H28BrN9O2. The lowest BCUT2D eigenvalue weighted by molar-refractivity contribution is 0.0520. The van der Waals surface area contributed by atoms with Crippen LogP contribution < -0.4 is 15.5 Å². The number of ether oxygens (including phenoxy) is 1. The van der Waals surface area contributed by atoms with Crippen molar-refractivity contribution < 1.29 is 9.53 Å². The molecule has 5 rings (SSSR count). The maximum Gasteiger partial charge on any atom is 0.407 e. The summed E-state index contributed by atoms with van der Waals surface area (Å²) in [5, 5.41) is 10.6. The zero-order chi connectivity index (χ0) is 24.6. The lowest BCUT2D eigenvalue weighted by Gasteiger charge is -2.21. The number of imidazole rings is 1. The molecule has 184 valence electrons. The van der Waals surface area contributed by atoms with Gasteiger partial charge in [-0.1, -0.05) is 12.1 Å². The number of alkyl carbamates (subject to hydrolysis) is 1. The van der Waals surface area contributed by atoms with Gasteiger partial charge in [0.25, 0.3) is 0 Å². The zero-order valence-corrected chi connectivity index (χ0v) is 21.5. The van der Waals surface area contributed by atoms with Crippen molar-refractivity contribution in [3.63, 3.8) is 0 Å². The van der Waals surface area contributed by atoms with Gasteiger partial charge in [-0.15, -0.1) is 0 Å². The molecule has 11 nitrogen and oxygen atoms in total. The molecule has 4 aromatic rings. The third kappa shape index (κ3) is 5.31. The van der Waals surface area contributed by atoms with Crippen LogP contribution in [0, 0.1) is 5.92 Å². The molecule has 0 unspecified atom stereocenters. The molecule has 1 aromatic carbocycles. The first-order valence-electron chi connectivity index (χ1n) is 11.6. The number of aromatic nitrogens is 6. The number of aromatic amines is 1. The Bertz CT molecular complexity index is 1330. The smallest absolute Gasteiger partial charge is 0.407 e. The summed E-state index contributed by atoms with van der Waals surface area (Å²) in [5.41, 5.74) is 2.07. The Balaban J connectivity index is 1.29. The van der Waals surface area contributed by atoms with Crippen LogP contribution in [0.1, 0.15) is 33.0 Å². The van der Waals surface area contributed by atoms with E-state index < -0.39 is 11.7 Å². The highest BCUT2D eigenvalue weighted by molar-refractivity contribution is 9.10. The summed E-state index contributed by atoms with van der Waals surface area (Å²) >= 11 is 3.54. The van der Waals surface area contributed by atoms with E-state index in [9.17, 15) is 4.79 Å². The number of nitrogens with one attached hydrogen (secondary N) is 3. The zero-order valence-electron chi connectivity index (χ0n) is 19.9. The van der Waals surface area contributed by atoms with Crippen molar-refractivity contribution in [2.45, 2.75) is 39.3 Å². The SMILES string of the molecule is CC(C)(C)OC(=O)NC[C@H]1CCN(c2nc(NCc3nc4ccccc4[nH]3)n3ncc(Br)c3n2)C1. The Morgan fingerprint density at radius 2 is 2.09 bits per heavy atom. The molecular weight excluding hydrogens is 514 g/mol. The van der Waals surface area contributed by atoms with E-state index in [0.29, 0.717) is 30.6 Å². The van der Waals surface area contributed by atoms with Crippen LogP contribution in [-0.2, 0) is 11.3 Å². The minimum Gasteiger partial charge on any atom is -0.444 e. The Morgan fingerprint density at radius 3 is 2.89 bits per heavy atom. The third-order valence-electron chi connectivity index (χ3n) is 5.67. The average Bonchev–Trinajstić information content (AvgIpc) is 3.53. The number of carbonyl (C=O) groups is 1. The number of carbonyl (C=O) groups excluding carboxylic acids is 1. The van der Waals surface area contributed by atoms with Gasteiger partial charge in [0.15, 0.2) is 5.65 Å². The molecule has 0 spiro atoms. The van der Waals surface area contributed by atoms with Gasteiger partial charge >= 0.3 is 6.09 Å². The second kappa shape index (κ2) is 9.33. The number of H-pyrrole nitrogens is 1. The Morgan fingerprint density at radius 1 is 1.26 bits per heavy atom. The van der Waals surface area contributed by atoms with E-state index in [1.807, 2.05) is 45.0 Å². The van der Waals surface area contributed by atoms with Gasteiger partial charge < -0.3 is 25.3 Å². The van der Waals surface area contributed by atoms with Crippen molar-refractivity contribution in [3.8, 4) is 0 Å². The number of para-hydroxylation sites is 2. The van der Waals surface area contributed by atoms with Gasteiger partial charge in [-0.3, -0.25) is 0 Å². The number of rotatable bonds is 6. The molecule has 0 radical (unpaired) electrons. The van der Waals surface area contributed by atoms with E-state index in [1.54, 1.807) is 10.7 Å². The number of halogens is 1. The van der Waals surface area contributed by atoms with Crippen LogP contribution in [0.2, 0.25) is 0 Å². The molecule has 1 amide bonds. The molecule has 1 atom stereocenters. The fraction of sp³-hybridized carbons (Fsp3) is 0.435. The molecule has 1 fully saturated rings. The first-order chi connectivity index (χ1) is 16.7. The normalized spacial score (nSPS) is 16.2. The molecule has 1 saturated heterocycles. The number of fused-ring (bicyclic) bond motifs is 2. The van der Waals surface area contributed by atoms with Crippen molar-refractivity contribution in [1.82, 2.24) is 34.9 Å². The second-order valence-electron chi connectivity index (χ2n) is 9.61. The molecule has 4 heterocycles. The number of hydrogen-bond donors (Lipinski definition) is 3. The summed E-state index contributed by atoms with van der Waals surface area (Å²) in [7, 11) is 0. The van der Waals surface area contributed by atoms with Crippen LogP contribution in [-0.4, -0.2) is 60.9 Å². The predicted molar refractivity (Wildman–Crippen MR) is 136 cm³/mol. The number of nitrogens with zero attached hydrogens (tertiary/aromatic N) is 6. The van der Waals surface area contributed by atoms with Crippen LogP contribution in [0.15, 0.2) is 34.9 Å². The van der Waals surface area contributed by atoms with E-state index >= 15 is 0 Å². The van der Waals surface area contributed by atoms with Gasteiger partial charge in [-0.05, 0) is 61.2 Å². The summed E-state index contributed by atoms with van der Waals surface area (Å²) in [4.78, 5) is 31.6. The molecule has 3 N–H and O–H groups in total. The summed E-state index contributed by atoms with van der Waals surface area (Å²) in [6.45, 7) is 8.09. The molecule has 0 aliphatic carbocycles. The predicted octanol–water partition coefficient (Wildman–Crippen LogP) is 3.73. The van der Waals surface area contributed by atoms with E-state index in [2.05, 4.69) is 46.5 Å². The molecule has 1 aliphatic rings. The summed E-state index contributed by atoms with van der Waals surface area (Å²) in [6.07, 6.45) is 2.23. The van der Waals surface area contributed by atoms with Gasteiger partial charge in [0.2, 0.25) is 11.9 Å². The van der Waals surface area contributed by atoms with Crippen LogP contribution >= 0.6 is 15.9 Å². The lowest BCUT2D eigenvalue weighted by Crippen LogP contribution is -2.36. The first kappa shape index (κ1) is 23.3. The number of anilines is 2. The Kier molecular flexibility index (Phi) is 6.22. The highest BCUT2D eigenvalue weighted by atomic mass is 79.9. The number of amides is 1. The van der Waals surface area contributed by atoms with E-state index in [1.165, 1.54) is 0 Å². The van der Waals surface area contributed by atoms with Gasteiger partial charge in [-0.2, -0.15) is 19.6 Å². The van der Waals surface area contributed by atoms with Crippen molar-refractivity contribution in [2.75, 3.05) is 29.9 Å². The Labute approximate surface area is 210 Å². The van der Waals surface area contributed by atoms with Gasteiger partial charge in [0.1, 0.15) is 11.4 Å². The minimum atomic E-state index is -0.514. The maximum atomic E-state index is 12.0. The van der Waals surface area contributed by atoms with Gasteiger partial charge in [0, 0.05) is 19.6 Å². The molecule has 3 aromatic heterocycles. The monoisotopic (exact) mass is 541 g/mol.